The summed E-state index contributed by atoms with van der Waals surface area (Å²) in [6.07, 6.45) is 4.21. The van der Waals surface area contributed by atoms with E-state index < -0.39 is 5.69 Å². The highest BCUT2D eigenvalue weighted by Gasteiger charge is 2.30. The van der Waals surface area contributed by atoms with Gasteiger partial charge >= 0.3 is 5.69 Å². The van der Waals surface area contributed by atoms with Gasteiger partial charge in [-0.3, -0.25) is 18.5 Å². The molecule has 0 amide bonds. The van der Waals surface area contributed by atoms with Crippen molar-refractivity contribution in [1.29, 1.82) is 0 Å². The van der Waals surface area contributed by atoms with E-state index in [-0.39, 0.29) is 24.8 Å². The second kappa shape index (κ2) is 8.35. The first kappa shape index (κ1) is 20.8. The van der Waals surface area contributed by atoms with E-state index in [0.717, 1.165) is 11.3 Å². The third kappa shape index (κ3) is 3.61. The van der Waals surface area contributed by atoms with Crippen LogP contribution in [0.3, 0.4) is 0 Å². The van der Waals surface area contributed by atoms with Gasteiger partial charge in [0.2, 0.25) is 5.95 Å². The van der Waals surface area contributed by atoms with Gasteiger partial charge in [-0.2, -0.15) is 10.1 Å². The molecule has 9 heteroatoms. The predicted octanol–water partition coefficient (Wildman–Crippen LogP) is 1.75. The third-order valence-electron chi connectivity index (χ3n) is 5.58. The van der Waals surface area contributed by atoms with Crippen LogP contribution in [0, 0.1) is 0 Å². The van der Waals surface area contributed by atoms with Crippen LogP contribution in [-0.2, 0) is 13.6 Å². The van der Waals surface area contributed by atoms with Gasteiger partial charge in [-0.15, -0.1) is 0 Å². The quantitative estimate of drug-likeness (QED) is 0.653. The average molecular weight is 422 g/mol. The van der Waals surface area contributed by atoms with Crippen LogP contribution in [0.4, 0.5) is 5.95 Å². The minimum atomic E-state index is -0.419. The number of nitrogens with zero attached hydrogens (tertiary/aromatic N) is 6. The molecule has 1 aliphatic rings. The molecule has 31 heavy (non-hydrogen) atoms. The van der Waals surface area contributed by atoms with Crippen molar-refractivity contribution in [2.45, 2.75) is 32.9 Å². The Morgan fingerprint density at radius 2 is 1.94 bits per heavy atom. The maximum atomic E-state index is 13.4. The Labute approximate surface area is 179 Å². The number of allylic oxidation sites excluding steroid dienone is 1. The Morgan fingerprint density at radius 1 is 1.19 bits per heavy atom. The number of aryl methyl sites for hydroxylation is 1. The molecular weight excluding hydrogens is 396 g/mol. The topological polar surface area (TPSA) is 97.7 Å². The lowest BCUT2D eigenvalue weighted by molar-refractivity contribution is 0.289. The van der Waals surface area contributed by atoms with E-state index in [2.05, 4.69) is 10.1 Å². The normalized spacial score (nSPS) is 16.2. The fraction of sp³-hybridized carbons (Fsp3) is 0.364. The number of imidazole rings is 1. The first-order chi connectivity index (χ1) is 14.9. The summed E-state index contributed by atoms with van der Waals surface area (Å²) < 4.78 is 4.47. The molecule has 0 aliphatic carbocycles. The van der Waals surface area contributed by atoms with E-state index >= 15 is 0 Å². The first-order valence-electron chi connectivity index (χ1n) is 10.3. The standard InChI is InChI=1S/C22H26N6O3/c1-15-16(2)28-18-19(23-21(28)27(24-15)13-8-14-29)25(3)22(31)26(20(18)30)12-7-11-17-9-5-4-6-10-17/h4-7,9-11,16,29H,8,12-14H2,1-3H3. The van der Waals surface area contributed by atoms with Crippen LogP contribution in [0.25, 0.3) is 17.2 Å². The van der Waals surface area contributed by atoms with E-state index in [4.69, 9.17) is 0 Å². The van der Waals surface area contributed by atoms with E-state index in [1.54, 1.807) is 18.1 Å². The fourth-order valence-electron chi connectivity index (χ4n) is 3.77. The highest BCUT2D eigenvalue weighted by Crippen LogP contribution is 2.29. The van der Waals surface area contributed by atoms with Crippen molar-refractivity contribution in [3.8, 4) is 0 Å². The molecule has 3 heterocycles. The summed E-state index contributed by atoms with van der Waals surface area (Å²) in [4.78, 5) is 30.9. The molecule has 3 aromatic rings. The van der Waals surface area contributed by atoms with Gasteiger partial charge in [0.25, 0.3) is 5.56 Å². The van der Waals surface area contributed by atoms with E-state index in [0.29, 0.717) is 30.1 Å². The van der Waals surface area contributed by atoms with E-state index in [1.807, 2.05) is 54.8 Å². The van der Waals surface area contributed by atoms with Crippen molar-refractivity contribution in [3.05, 3.63) is 62.8 Å². The van der Waals surface area contributed by atoms with Crippen LogP contribution < -0.4 is 16.3 Å². The molecule has 0 bridgehead atoms. The molecule has 4 rings (SSSR count). The number of hydrogen-bond donors (Lipinski definition) is 1. The summed E-state index contributed by atoms with van der Waals surface area (Å²) in [6.45, 7) is 4.50. The Kier molecular flexibility index (Phi) is 5.60. The van der Waals surface area contributed by atoms with Crippen molar-refractivity contribution in [1.82, 2.24) is 18.7 Å². The molecule has 0 spiro atoms. The van der Waals surface area contributed by atoms with Crippen LogP contribution >= 0.6 is 0 Å². The van der Waals surface area contributed by atoms with Gasteiger partial charge in [0.05, 0.1) is 11.8 Å². The molecule has 2 aromatic heterocycles. The molecule has 0 radical (unpaired) electrons. The lowest BCUT2D eigenvalue weighted by atomic mass is 10.2. The molecule has 0 fully saturated rings. The number of hydrogen-bond acceptors (Lipinski definition) is 6. The maximum Gasteiger partial charge on any atom is 0.332 e. The number of aromatic nitrogens is 4. The molecule has 0 saturated heterocycles. The summed E-state index contributed by atoms with van der Waals surface area (Å²) in [5.74, 6) is 0.506. The minimum absolute atomic E-state index is 0.0277. The van der Waals surface area contributed by atoms with Gasteiger partial charge in [0.15, 0.2) is 11.2 Å². The Bertz CT molecular complexity index is 1280. The minimum Gasteiger partial charge on any atom is -0.396 e. The van der Waals surface area contributed by atoms with E-state index in [1.165, 1.54) is 9.13 Å². The third-order valence-corrected chi connectivity index (χ3v) is 5.58. The van der Waals surface area contributed by atoms with E-state index in [9.17, 15) is 14.7 Å². The first-order valence-corrected chi connectivity index (χ1v) is 10.3. The van der Waals surface area contributed by atoms with Crippen molar-refractivity contribution in [2.24, 2.45) is 12.1 Å². The molecule has 1 unspecified atom stereocenters. The Morgan fingerprint density at radius 3 is 2.65 bits per heavy atom. The van der Waals surface area contributed by atoms with Gasteiger partial charge in [-0.25, -0.2) is 9.80 Å². The Hall–Kier alpha value is -3.46. The zero-order valence-electron chi connectivity index (χ0n) is 17.9. The molecule has 1 N–H and O–H groups in total. The number of fused-ring (bicyclic) bond motifs is 3. The fourth-order valence-corrected chi connectivity index (χ4v) is 3.77. The van der Waals surface area contributed by atoms with Crippen LogP contribution in [-0.4, -0.2) is 42.7 Å². The van der Waals surface area contributed by atoms with Gasteiger partial charge < -0.3 is 5.11 Å². The largest absolute Gasteiger partial charge is 0.396 e. The average Bonchev–Trinajstić information content (AvgIpc) is 3.18. The number of benzene rings is 1. The van der Waals surface area contributed by atoms with Gasteiger partial charge in [0.1, 0.15) is 0 Å². The maximum absolute atomic E-state index is 13.4. The van der Waals surface area contributed by atoms with Crippen LogP contribution in [0.2, 0.25) is 0 Å². The predicted molar refractivity (Wildman–Crippen MR) is 122 cm³/mol. The zero-order valence-corrected chi connectivity index (χ0v) is 17.9. The number of aliphatic hydroxyl groups is 1. The SMILES string of the molecule is CC1=NN(CCCO)c2nc3c(c(=O)n(CC=Cc4ccccc4)c(=O)n3C)n2C1C. The zero-order chi connectivity index (χ0) is 22.1. The Balaban J connectivity index is 1.84. The van der Waals surface area contributed by atoms with Crippen molar-refractivity contribution >= 4 is 28.9 Å². The van der Waals surface area contributed by atoms with Crippen LogP contribution in [0.15, 0.2) is 51.1 Å². The summed E-state index contributed by atoms with van der Waals surface area (Å²) in [7, 11) is 1.62. The van der Waals surface area contributed by atoms with Gasteiger partial charge in [-0.05, 0) is 25.8 Å². The molecule has 1 aromatic carbocycles. The number of hydrazone groups is 1. The number of anilines is 1. The van der Waals surface area contributed by atoms with Crippen molar-refractivity contribution < 1.29 is 5.11 Å². The summed E-state index contributed by atoms with van der Waals surface area (Å²) in [5.41, 5.74) is 1.74. The molecule has 1 atom stereocenters. The highest BCUT2D eigenvalue weighted by molar-refractivity contribution is 5.91. The second-order valence-corrected chi connectivity index (χ2v) is 7.64. The van der Waals surface area contributed by atoms with Gasteiger partial charge in [0, 0.05) is 26.7 Å². The number of aliphatic hydroxyl groups excluding tert-OH is 1. The molecule has 0 saturated carbocycles. The molecule has 9 nitrogen and oxygen atoms in total. The molecule has 1 aliphatic heterocycles. The second-order valence-electron chi connectivity index (χ2n) is 7.64. The smallest absolute Gasteiger partial charge is 0.332 e. The van der Waals surface area contributed by atoms with Crippen molar-refractivity contribution in [3.63, 3.8) is 0 Å². The number of rotatable bonds is 6. The highest BCUT2D eigenvalue weighted by atomic mass is 16.3. The van der Waals surface area contributed by atoms with Gasteiger partial charge in [-0.1, -0.05) is 42.5 Å². The van der Waals surface area contributed by atoms with Crippen molar-refractivity contribution in [2.75, 3.05) is 18.2 Å². The summed E-state index contributed by atoms with van der Waals surface area (Å²) in [6, 6.07) is 9.54. The molecule has 162 valence electrons. The summed E-state index contributed by atoms with van der Waals surface area (Å²) >= 11 is 0. The monoisotopic (exact) mass is 422 g/mol. The van der Waals surface area contributed by atoms with Crippen LogP contribution in [0.5, 0.6) is 0 Å². The summed E-state index contributed by atoms with van der Waals surface area (Å²) in [5, 5.41) is 15.5. The van der Waals surface area contributed by atoms with Crippen LogP contribution in [0.1, 0.15) is 31.9 Å². The lowest BCUT2D eigenvalue weighted by Gasteiger charge is -2.29. The molecular formula is C22H26N6O3. The lowest BCUT2D eigenvalue weighted by Crippen LogP contribution is -2.40.